The zero-order valence-electron chi connectivity index (χ0n) is 25.5. The second kappa shape index (κ2) is 13.6. The topological polar surface area (TPSA) is 151 Å². The Morgan fingerprint density at radius 2 is 1.62 bits per heavy atom. The summed E-state index contributed by atoms with van der Waals surface area (Å²) in [6.45, 7) is 4.08. The van der Waals surface area contributed by atoms with Gasteiger partial charge in [0.05, 0.1) is 31.9 Å². The fourth-order valence-corrected chi connectivity index (χ4v) is 5.03. The molecule has 5 rings (SSSR count). The highest BCUT2D eigenvalue weighted by molar-refractivity contribution is 6.02. The van der Waals surface area contributed by atoms with E-state index in [1.165, 1.54) is 4.90 Å². The van der Waals surface area contributed by atoms with Crippen molar-refractivity contribution < 1.29 is 38.4 Å². The summed E-state index contributed by atoms with van der Waals surface area (Å²) < 4.78 is 22.2. The van der Waals surface area contributed by atoms with Crippen LogP contribution in [0.1, 0.15) is 24.2 Å². The van der Waals surface area contributed by atoms with Crippen molar-refractivity contribution in [1.29, 1.82) is 0 Å². The van der Waals surface area contributed by atoms with Gasteiger partial charge in [0.1, 0.15) is 17.6 Å². The van der Waals surface area contributed by atoms with Crippen LogP contribution in [-0.4, -0.2) is 85.7 Å². The molecular weight excluding hydrogens is 582 g/mol. The predicted octanol–water partition coefficient (Wildman–Crippen LogP) is 4.45. The Labute approximate surface area is 261 Å². The van der Waals surface area contributed by atoms with E-state index < -0.39 is 18.2 Å². The van der Waals surface area contributed by atoms with Crippen LogP contribution in [0.4, 0.5) is 26.7 Å². The number of methoxy groups -OCH3 is 1. The number of benzene rings is 3. The van der Waals surface area contributed by atoms with Gasteiger partial charge in [-0.25, -0.2) is 9.59 Å². The lowest BCUT2D eigenvalue weighted by Crippen LogP contribution is -2.50. The third-order valence-electron chi connectivity index (χ3n) is 7.69. The summed E-state index contributed by atoms with van der Waals surface area (Å²) in [5, 5.41) is 18.3. The summed E-state index contributed by atoms with van der Waals surface area (Å²) in [5.41, 5.74) is 1.70. The monoisotopic (exact) mass is 619 g/mol. The van der Waals surface area contributed by atoms with E-state index in [-0.39, 0.29) is 49.9 Å². The Hall–Kier alpha value is -5.17. The van der Waals surface area contributed by atoms with Gasteiger partial charge in [-0.3, -0.25) is 4.79 Å². The van der Waals surface area contributed by atoms with Crippen molar-refractivity contribution in [1.82, 2.24) is 9.80 Å². The van der Waals surface area contributed by atoms with Crippen LogP contribution in [0.15, 0.2) is 60.7 Å². The van der Waals surface area contributed by atoms with Gasteiger partial charge in [0.25, 0.3) is 5.91 Å². The molecule has 13 nitrogen and oxygen atoms in total. The zero-order valence-corrected chi connectivity index (χ0v) is 25.5. The SMILES string of the molecule is COc1ccc(NC(=O)N(C)C[C@@H]2Oc3ccc(NC(=O)Nc4ccc5c(c4)OCO5)cc3C(=O)N([C@@H](C)CO)C[C@@H]2C)cc1. The molecule has 0 spiro atoms. The number of nitrogens with zero attached hydrogens (tertiary/aromatic N) is 2. The normalized spacial score (nSPS) is 17.6. The maximum Gasteiger partial charge on any atom is 0.323 e. The summed E-state index contributed by atoms with van der Waals surface area (Å²) in [4.78, 5) is 42.7. The van der Waals surface area contributed by atoms with E-state index in [4.69, 9.17) is 18.9 Å². The maximum absolute atomic E-state index is 13.8. The van der Waals surface area contributed by atoms with Gasteiger partial charge in [0, 0.05) is 42.6 Å². The van der Waals surface area contributed by atoms with E-state index >= 15 is 0 Å². The van der Waals surface area contributed by atoms with E-state index in [0.29, 0.717) is 40.1 Å². The summed E-state index contributed by atoms with van der Waals surface area (Å²) in [6.07, 6.45) is -0.495. The van der Waals surface area contributed by atoms with Crippen LogP contribution in [-0.2, 0) is 0 Å². The van der Waals surface area contributed by atoms with Crippen LogP contribution >= 0.6 is 0 Å². The summed E-state index contributed by atoms with van der Waals surface area (Å²) in [6, 6.07) is 15.5. The molecule has 0 aliphatic carbocycles. The van der Waals surface area contributed by atoms with Crippen LogP contribution < -0.4 is 34.9 Å². The fourth-order valence-electron chi connectivity index (χ4n) is 5.03. The third kappa shape index (κ3) is 7.32. The lowest BCUT2D eigenvalue weighted by molar-refractivity contribution is 0.0371. The largest absolute Gasteiger partial charge is 0.497 e. The summed E-state index contributed by atoms with van der Waals surface area (Å²) >= 11 is 0. The minimum atomic E-state index is -0.524. The molecule has 3 atom stereocenters. The number of nitrogens with one attached hydrogen (secondary N) is 3. The Morgan fingerprint density at radius 1 is 0.978 bits per heavy atom. The maximum atomic E-state index is 13.8. The van der Waals surface area contributed by atoms with Crippen molar-refractivity contribution >= 4 is 35.0 Å². The van der Waals surface area contributed by atoms with Crippen molar-refractivity contribution in [3.63, 3.8) is 0 Å². The van der Waals surface area contributed by atoms with Gasteiger partial charge in [0.15, 0.2) is 11.5 Å². The van der Waals surface area contributed by atoms with Crippen molar-refractivity contribution in [3.8, 4) is 23.0 Å². The summed E-state index contributed by atoms with van der Waals surface area (Å²) in [5.74, 6) is 1.57. The number of amides is 5. The van der Waals surface area contributed by atoms with Gasteiger partial charge < -0.3 is 49.8 Å². The number of hydrogen-bond donors (Lipinski definition) is 4. The number of anilines is 3. The number of carbonyl (C=O) groups excluding carboxylic acids is 3. The quantitative estimate of drug-likeness (QED) is 0.289. The van der Waals surface area contributed by atoms with E-state index in [9.17, 15) is 19.5 Å². The van der Waals surface area contributed by atoms with E-state index in [1.54, 1.807) is 86.6 Å². The molecular formula is C32H37N5O8. The molecule has 4 N–H and O–H groups in total. The molecule has 2 heterocycles. The van der Waals surface area contributed by atoms with Crippen LogP contribution in [0.25, 0.3) is 0 Å². The first-order valence-electron chi connectivity index (χ1n) is 14.5. The Bertz CT molecular complexity index is 1550. The highest BCUT2D eigenvalue weighted by Gasteiger charge is 2.34. The minimum Gasteiger partial charge on any atom is -0.497 e. The fraction of sp³-hybridized carbons (Fsp3) is 0.344. The van der Waals surface area contributed by atoms with Gasteiger partial charge in [-0.2, -0.15) is 0 Å². The van der Waals surface area contributed by atoms with Gasteiger partial charge >= 0.3 is 12.1 Å². The van der Waals surface area contributed by atoms with E-state index in [2.05, 4.69) is 16.0 Å². The molecule has 0 unspecified atom stereocenters. The number of likely N-dealkylation sites (N-methyl/N-ethyl adjacent to an activating group) is 1. The predicted molar refractivity (Wildman–Crippen MR) is 167 cm³/mol. The highest BCUT2D eigenvalue weighted by atomic mass is 16.7. The lowest BCUT2D eigenvalue weighted by Gasteiger charge is -2.38. The highest BCUT2D eigenvalue weighted by Crippen LogP contribution is 2.35. The molecule has 2 aliphatic rings. The van der Waals surface area contributed by atoms with Gasteiger partial charge in [0.2, 0.25) is 6.79 Å². The Balaban J connectivity index is 1.32. The van der Waals surface area contributed by atoms with Crippen molar-refractivity contribution in [2.24, 2.45) is 5.92 Å². The molecule has 0 fully saturated rings. The zero-order chi connectivity index (χ0) is 32.1. The van der Waals surface area contributed by atoms with Crippen molar-refractivity contribution in [2.45, 2.75) is 26.0 Å². The number of urea groups is 2. The number of aliphatic hydroxyl groups excluding tert-OH is 1. The molecule has 45 heavy (non-hydrogen) atoms. The number of aliphatic hydroxyl groups is 1. The standard InChI is InChI=1S/C32H37N5O8/c1-19-15-37(20(2)17-38)30(39)25-13-22(33-31(40)34-23-8-12-27-28(14-23)44-18-43-27)7-11-26(25)45-29(19)16-36(3)32(41)35-21-5-9-24(42-4)10-6-21/h5-14,19-20,29,38H,15-18H2,1-4H3,(H,35,41)(H2,33,34,40)/t19-,20-,29-/m0/s1. The van der Waals surface area contributed by atoms with Gasteiger partial charge in [-0.1, -0.05) is 6.92 Å². The molecule has 0 aromatic heterocycles. The number of ether oxygens (including phenoxy) is 4. The lowest BCUT2D eigenvalue weighted by atomic mass is 9.99. The van der Waals surface area contributed by atoms with Gasteiger partial charge in [-0.15, -0.1) is 0 Å². The van der Waals surface area contributed by atoms with E-state index in [1.807, 2.05) is 6.92 Å². The third-order valence-corrected chi connectivity index (χ3v) is 7.69. The molecule has 0 bridgehead atoms. The molecule has 13 heteroatoms. The molecule has 5 amide bonds. The Kier molecular flexibility index (Phi) is 9.48. The second-order valence-electron chi connectivity index (χ2n) is 11.0. The van der Waals surface area contributed by atoms with Crippen molar-refractivity contribution in [3.05, 3.63) is 66.2 Å². The van der Waals surface area contributed by atoms with Crippen LogP contribution in [0.3, 0.4) is 0 Å². The molecule has 0 saturated carbocycles. The first-order chi connectivity index (χ1) is 21.6. The average molecular weight is 620 g/mol. The van der Waals surface area contributed by atoms with Crippen LogP contribution in [0.5, 0.6) is 23.0 Å². The van der Waals surface area contributed by atoms with Crippen LogP contribution in [0, 0.1) is 5.92 Å². The average Bonchev–Trinajstić information content (AvgIpc) is 3.51. The minimum absolute atomic E-state index is 0.120. The van der Waals surface area contributed by atoms with E-state index in [0.717, 1.165) is 0 Å². The number of rotatable bonds is 8. The Morgan fingerprint density at radius 3 is 2.31 bits per heavy atom. The molecule has 238 valence electrons. The summed E-state index contributed by atoms with van der Waals surface area (Å²) in [7, 11) is 3.24. The number of hydrogen-bond acceptors (Lipinski definition) is 8. The molecule has 0 radical (unpaired) electrons. The van der Waals surface area contributed by atoms with Gasteiger partial charge in [-0.05, 0) is 61.5 Å². The first kappa shape index (κ1) is 31.3. The molecule has 0 saturated heterocycles. The second-order valence-corrected chi connectivity index (χ2v) is 11.0. The molecule has 3 aromatic carbocycles. The number of carbonyl (C=O) groups is 3. The number of fused-ring (bicyclic) bond motifs is 2. The first-order valence-corrected chi connectivity index (χ1v) is 14.5. The van der Waals surface area contributed by atoms with Crippen LogP contribution in [0.2, 0.25) is 0 Å². The molecule has 3 aromatic rings. The van der Waals surface area contributed by atoms with Crippen molar-refractivity contribution in [2.75, 3.05) is 56.6 Å². The smallest absolute Gasteiger partial charge is 0.323 e. The molecule has 2 aliphatic heterocycles.